The van der Waals surface area contributed by atoms with Gasteiger partial charge in [0.05, 0.1) is 31.9 Å². The average Bonchev–Trinajstić information content (AvgIpc) is 3.26. The molecule has 4 rings (SSSR count). The van der Waals surface area contributed by atoms with Gasteiger partial charge in [-0.05, 0) is 71.8 Å². The zero-order valence-electron chi connectivity index (χ0n) is 22.6. The van der Waals surface area contributed by atoms with Crippen LogP contribution in [0.4, 0.5) is 20.2 Å². The SMILES string of the molecule is CCCS(=O)(=O)C(CC)S(=O)(=O)Nc1ccc(F)c(C(=O)Nc2cnc3c(c2)cc(I)n3S(=O)(=O)c2ccccc2)c1F. The molecule has 17 heteroatoms. The number of nitrogens with zero attached hydrogens (tertiary/aromatic N) is 2. The Kier molecular flexibility index (Phi) is 9.48. The molecular weight excluding hydrogens is 741 g/mol. The fourth-order valence-corrected chi connectivity index (χ4v) is 11.4. The molecular formula is C26H25F2IN4O7S3. The number of pyridine rings is 1. The van der Waals surface area contributed by atoms with E-state index < -0.39 is 69.0 Å². The van der Waals surface area contributed by atoms with E-state index in [0.29, 0.717) is 11.5 Å². The van der Waals surface area contributed by atoms with Gasteiger partial charge < -0.3 is 5.32 Å². The number of carbonyl (C=O) groups excluding carboxylic acids is 1. The fourth-order valence-electron chi connectivity index (χ4n) is 4.37. The van der Waals surface area contributed by atoms with Crippen LogP contribution in [0.1, 0.15) is 37.0 Å². The molecule has 0 aliphatic heterocycles. The van der Waals surface area contributed by atoms with E-state index >= 15 is 4.39 Å². The maximum Gasteiger partial charge on any atom is 0.270 e. The van der Waals surface area contributed by atoms with E-state index in [4.69, 9.17) is 0 Å². The molecule has 2 N–H and O–H groups in total. The smallest absolute Gasteiger partial charge is 0.270 e. The van der Waals surface area contributed by atoms with Gasteiger partial charge in [-0.1, -0.05) is 32.0 Å². The van der Waals surface area contributed by atoms with Crippen molar-refractivity contribution in [2.24, 2.45) is 0 Å². The number of hydrogen-bond donors (Lipinski definition) is 2. The minimum Gasteiger partial charge on any atom is -0.320 e. The molecule has 2 aromatic heterocycles. The fraction of sp³-hybridized carbons (Fsp3) is 0.231. The van der Waals surface area contributed by atoms with Crippen LogP contribution in [0, 0.1) is 15.3 Å². The lowest BCUT2D eigenvalue weighted by atomic mass is 10.1. The van der Waals surface area contributed by atoms with E-state index in [2.05, 4.69) is 10.3 Å². The minimum absolute atomic E-state index is 0.0271. The van der Waals surface area contributed by atoms with Crippen molar-refractivity contribution in [3.8, 4) is 0 Å². The second-order valence-electron chi connectivity index (χ2n) is 9.28. The highest BCUT2D eigenvalue weighted by molar-refractivity contribution is 14.1. The molecule has 1 amide bonds. The quantitative estimate of drug-likeness (QED) is 0.208. The highest BCUT2D eigenvalue weighted by atomic mass is 127. The molecule has 0 fully saturated rings. The number of halogens is 3. The van der Waals surface area contributed by atoms with Gasteiger partial charge in [-0.25, -0.2) is 43.0 Å². The van der Waals surface area contributed by atoms with E-state index in [1.54, 1.807) is 25.1 Å². The second kappa shape index (κ2) is 12.4. The lowest BCUT2D eigenvalue weighted by Gasteiger charge is -2.18. The number of sulfone groups is 1. The zero-order chi connectivity index (χ0) is 31.7. The standard InChI is InChI=1S/C26H25F2IN4O7S3/c1-3-12-41(35,36)22(4-2)42(37,38)32-20-11-10-19(27)23(24(20)28)26(34)31-17-13-16-14-21(29)33(25(16)30-15-17)43(39,40)18-8-6-5-7-9-18/h5-11,13-15,22,32H,3-4,12H2,1-2H3,(H,31,34). The Hall–Kier alpha value is -3.16. The molecule has 43 heavy (non-hydrogen) atoms. The molecule has 0 bridgehead atoms. The van der Waals surface area contributed by atoms with Crippen LogP contribution in [0.25, 0.3) is 11.0 Å². The molecule has 0 spiro atoms. The summed E-state index contributed by atoms with van der Waals surface area (Å²) in [5.41, 5.74) is -1.94. The summed E-state index contributed by atoms with van der Waals surface area (Å²) in [6.07, 6.45) is 0.938. The third-order valence-corrected chi connectivity index (χ3v) is 14.4. The first-order valence-electron chi connectivity index (χ1n) is 12.6. The van der Waals surface area contributed by atoms with Gasteiger partial charge in [0, 0.05) is 5.39 Å². The molecule has 0 radical (unpaired) electrons. The van der Waals surface area contributed by atoms with Gasteiger partial charge in [0.15, 0.2) is 25.9 Å². The van der Waals surface area contributed by atoms with Gasteiger partial charge in [0.25, 0.3) is 15.9 Å². The molecule has 0 aliphatic rings. The van der Waals surface area contributed by atoms with Crippen LogP contribution in [-0.4, -0.2) is 50.5 Å². The van der Waals surface area contributed by atoms with Crippen molar-refractivity contribution >= 4 is 80.8 Å². The maximum atomic E-state index is 15.4. The predicted octanol–water partition coefficient (Wildman–Crippen LogP) is 4.71. The van der Waals surface area contributed by atoms with Crippen molar-refractivity contribution in [2.45, 2.75) is 36.2 Å². The first-order valence-corrected chi connectivity index (χ1v) is 18.4. The lowest BCUT2D eigenvalue weighted by molar-refractivity contribution is 0.101. The van der Waals surface area contributed by atoms with E-state index in [0.717, 1.165) is 16.2 Å². The van der Waals surface area contributed by atoms with E-state index in [1.807, 2.05) is 27.3 Å². The van der Waals surface area contributed by atoms with Crippen molar-refractivity contribution < 1.29 is 38.8 Å². The van der Waals surface area contributed by atoms with Crippen molar-refractivity contribution in [3.05, 3.63) is 81.7 Å². The monoisotopic (exact) mass is 766 g/mol. The van der Waals surface area contributed by atoms with Crippen molar-refractivity contribution in [1.29, 1.82) is 0 Å². The molecule has 0 saturated heterocycles. The highest BCUT2D eigenvalue weighted by Crippen LogP contribution is 2.29. The Morgan fingerprint density at radius 1 is 1.00 bits per heavy atom. The summed E-state index contributed by atoms with van der Waals surface area (Å²) in [6.45, 7) is 2.90. The topological polar surface area (TPSA) is 161 Å². The third-order valence-electron chi connectivity index (χ3n) is 6.23. The largest absolute Gasteiger partial charge is 0.320 e. The van der Waals surface area contributed by atoms with Crippen LogP contribution in [0.15, 0.2) is 65.7 Å². The number of nitrogens with one attached hydrogen (secondary N) is 2. The number of carbonyl (C=O) groups is 1. The summed E-state index contributed by atoms with van der Waals surface area (Å²) in [5, 5.41) is 2.57. The van der Waals surface area contributed by atoms with Gasteiger partial charge in [-0.3, -0.25) is 9.52 Å². The molecule has 2 aromatic carbocycles. The molecule has 1 atom stereocenters. The van der Waals surface area contributed by atoms with Crippen molar-refractivity contribution in [1.82, 2.24) is 8.96 Å². The average molecular weight is 767 g/mol. The normalized spacial score (nSPS) is 13.1. The van der Waals surface area contributed by atoms with Gasteiger partial charge in [-0.2, -0.15) is 0 Å². The molecule has 230 valence electrons. The third kappa shape index (κ3) is 6.53. The molecule has 11 nitrogen and oxygen atoms in total. The predicted molar refractivity (Wildman–Crippen MR) is 166 cm³/mol. The number of aromatic nitrogens is 2. The number of rotatable bonds is 11. The van der Waals surface area contributed by atoms with Gasteiger partial charge in [-0.15, -0.1) is 0 Å². The summed E-state index contributed by atoms with van der Waals surface area (Å²) in [7, 11) is -12.8. The van der Waals surface area contributed by atoms with Crippen LogP contribution in [-0.2, 0) is 29.9 Å². The Bertz CT molecular complexity index is 2040. The molecule has 4 aromatic rings. The van der Waals surface area contributed by atoms with E-state index in [9.17, 15) is 34.4 Å². The van der Waals surface area contributed by atoms with E-state index in [-0.39, 0.29) is 32.8 Å². The second-order valence-corrected chi connectivity index (χ2v) is 16.6. The summed E-state index contributed by atoms with van der Waals surface area (Å²) >= 11 is 1.81. The van der Waals surface area contributed by atoms with Crippen molar-refractivity contribution in [3.63, 3.8) is 0 Å². The molecule has 0 saturated carbocycles. The number of hydrogen-bond acceptors (Lipinski definition) is 8. The minimum atomic E-state index is -4.69. The lowest BCUT2D eigenvalue weighted by Crippen LogP contribution is -2.36. The Morgan fingerprint density at radius 3 is 2.30 bits per heavy atom. The summed E-state index contributed by atoms with van der Waals surface area (Å²) in [4.78, 5) is 17.1. The summed E-state index contributed by atoms with van der Waals surface area (Å²) < 4.78 is 108. The van der Waals surface area contributed by atoms with Gasteiger partial charge >= 0.3 is 0 Å². The molecule has 0 aliphatic carbocycles. The Morgan fingerprint density at radius 2 is 1.67 bits per heavy atom. The summed E-state index contributed by atoms with van der Waals surface area (Å²) in [5.74, 6) is -4.58. The van der Waals surface area contributed by atoms with Crippen LogP contribution in [0.3, 0.4) is 0 Å². The number of benzene rings is 2. The van der Waals surface area contributed by atoms with Crippen LogP contribution >= 0.6 is 22.6 Å². The van der Waals surface area contributed by atoms with Crippen LogP contribution < -0.4 is 10.0 Å². The Labute approximate surface area is 260 Å². The molecule has 2 heterocycles. The zero-order valence-corrected chi connectivity index (χ0v) is 27.2. The number of anilines is 2. The van der Waals surface area contributed by atoms with Gasteiger partial charge in [0.2, 0.25) is 10.0 Å². The highest BCUT2D eigenvalue weighted by Gasteiger charge is 2.36. The maximum absolute atomic E-state index is 15.4. The van der Waals surface area contributed by atoms with Crippen LogP contribution in [0.2, 0.25) is 0 Å². The van der Waals surface area contributed by atoms with Crippen molar-refractivity contribution in [2.75, 3.05) is 15.8 Å². The number of sulfonamides is 1. The van der Waals surface area contributed by atoms with Gasteiger partial charge in [0.1, 0.15) is 11.4 Å². The van der Waals surface area contributed by atoms with Crippen LogP contribution in [0.5, 0.6) is 0 Å². The number of amides is 1. The number of fused-ring (bicyclic) bond motifs is 1. The first kappa shape index (κ1) is 32.7. The van der Waals surface area contributed by atoms with E-state index in [1.165, 1.54) is 31.2 Å². The Balaban J connectivity index is 1.65. The summed E-state index contributed by atoms with van der Waals surface area (Å²) in [6, 6.07) is 11.9. The first-order chi connectivity index (χ1) is 20.1. The molecule has 1 unspecified atom stereocenters.